The minimum Gasteiger partial charge on any atom is -0.348 e. The van der Waals surface area contributed by atoms with Crippen molar-refractivity contribution in [3.05, 3.63) is 99.9 Å². The number of nitrogens with zero attached hydrogens (tertiary/aromatic N) is 3. The van der Waals surface area contributed by atoms with Crippen LogP contribution >= 0.6 is 0 Å². The van der Waals surface area contributed by atoms with E-state index in [1.165, 1.54) is 12.1 Å². The average molecular weight is 347 g/mol. The number of nitro groups is 1. The number of benzene rings is 2. The smallest absolute Gasteiger partial charge is 0.270 e. The zero-order valence-electron chi connectivity index (χ0n) is 14.0. The molecule has 0 saturated heterocycles. The lowest BCUT2D eigenvalue weighted by atomic mass is 9.99. The maximum absolute atomic E-state index is 13.2. The second-order valence-corrected chi connectivity index (χ2v) is 6.25. The number of nitro benzene ring substituents is 1. The highest BCUT2D eigenvalue weighted by molar-refractivity contribution is 5.95. The Morgan fingerprint density at radius 2 is 1.81 bits per heavy atom. The minimum absolute atomic E-state index is 0.0764. The lowest BCUT2D eigenvalue weighted by molar-refractivity contribution is -0.384. The molecule has 4 rings (SSSR count). The van der Waals surface area contributed by atoms with Crippen LogP contribution in [0.1, 0.15) is 27.7 Å². The fourth-order valence-corrected chi connectivity index (χ4v) is 3.51. The average Bonchev–Trinajstić information content (AvgIpc) is 3.16. The second-order valence-electron chi connectivity index (χ2n) is 6.25. The molecule has 0 N–H and O–H groups in total. The van der Waals surface area contributed by atoms with E-state index in [1.807, 2.05) is 48.7 Å². The maximum atomic E-state index is 13.2. The highest BCUT2D eigenvalue weighted by Crippen LogP contribution is 2.33. The van der Waals surface area contributed by atoms with Crippen molar-refractivity contribution < 1.29 is 9.72 Å². The van der Waals surface area contributed by atoms with Crippen LogP contribution < -0.4 is 0 Å². The molecule has 0 radical (unpaired) electrons. The summed E-state index contributed by atoms with van der Waals surface area (Å²) in [4.78, 5) is 25.5. The molecule has 1 aliphatic heterocycles. The van der Waals surface area contributed by atoms with Crippen LogP contribution in [-0.2, 0) is 6.54 Å². The van der Waals surface area contributed by atoms with E-state index >= 15 is 0 Å². The summed E-state index contributed by atoms with van der Waals surface area (Å²) in [5, 5.41) is 11.0. The van der Waals surface area contributed by atoms with Gasteiger partial charge in [0.25, 0.3) is 11.6 Å². The van der Waals surface area contributed by atoms with E-state index in [1.54, 1.807) is 17.0 Å². The molecule has 130 valence electrons. The normalized spacial score (nSPS) is 16.2. The van der Waals surface area contributed by atoms with Crippen molar-refractivity contribution in [1.82, 2.24) is 9.47 Å². The standard InChI is InChI=1S/C20H17N3O3/c24-20(16-8-4-9-17(14-16)23(25)26)22-13-12-21-11-5-10-18(21)19(22)15-6-2-1-3-7-15/h1-11,14,19H,12-13H2. The third-order valence-electron chi connectivity index (χ3n) is 4.72. The van der Waals surface area contributed by atoms with Crippen molar-refractivity contribution in [3.63, 3.8) is 0 Å². The molecule has 0 spiro atoms. The zero-order chi connectivity index (χ0) is 18.1. The van der Waals surface area contributed by atoms with Gasteiger partial charge in [0, 0.05) is 42.7 Å². The first-order valence-corrected chi connectivity index (χ1v) is 8.40. The van der Waals surface area contributed by atoms with Crippen LogP contribution in [0.25, 0.3) is 0 Å². The first-order valence-electron chi connectivity index (χ1n) is 8.40. The highest BCUT2D eigenvalue weighted by atomic mass is 16.6. The van der Waals surface area contributed by atoms with Crippen molar-refractivity contribution in [2.24, 2.45) is 0 Å². The first-order chi connectivity index (χ1) is 12.6. The largest absolute Gasteiger partial charge is 0.348 e. The van der Waals surface area contributed by atoms with Gasteiger partial charge in [0.1, 0.15) is 0 Å². The van der Waals surface area contributed by atoms with Crippen molar-refractivity contribution >= 4 is 11.6 Å². The number of amides is 1. The van der Waals surface area contributed by atoms with Crippen molar-refractivity contribution in [2.45, 2.75) is 12.6 Å². The Morgan fingerprint density at radius 1 is 1.00 bits per heavy atom. The van der Waals surface area contributed by atoms with Crippen LogP contribution in [-0.4, -0.2) is 26.8 Å². The summed E-state index contributed by atoms with van der Waals surface area (Å²) < 4.78 is 2.15. The number of aromatic nitrogens is 1. The second kappa shape index (κ2) is 6.48. The molecule has 26 heavy (non-hydrogen) atoms. The lowest BCUT2D eigenvalue weighted by Crippen LogP contribution is -2.42. The molecule has 2 heterocycles. The predicted molar refractivity (Wildman–Crippen MR) is 96.8 cm³/mol. The summed E-state index contributed by atoms with van der Waals surface area (Å²) >= 11 is 0. The van der Waals surface area contributed by atoms with Gasteiger partial charge in [0.15, 0.2) is 0 Å². The van der Waals surface area contributed by atoms with Crippen LogP contribution in [0.15, 0.2) is 72.9 Å². The molecule has 0 saturated carbocycles. The summed E-state index contributed by atoms with van der Waals surface area (Å²) in [6, 6.07) is 19.6. The number of carbonyl (C=O) groups is 1. The van der Waals surface area contributed by atoms with Gasteiger partial charge in [-0.2, -0.15) is 0 Å². The fourth-order valence-electron chi connectivity index (χ4n) is 3.51. The zero-order valence-corrected chi connectivity index (χ0v) is 14.0. The molecule has 1 unspecified atom stereocenters. The van der Waals surface area contributed by atoms with E-state index in [4.69, 9.17) is 0 Å². The number of hydrogen-bond donors (Lipinski definition) is 0. The number of carbonyl (C=O) groups excluding carboxylic acids is 1. The summed E-state index contributed by atoms with van der Waals surface area (Å²) in [5.41, 5.74) is 2.32. The highest BCUT2D eigenvalue weighted by Gasteiger charge is 2.32. The molecule has 3 aromatic rings. The predicted octanol–water partition coefficient (Wildman–Crippen LogP) is 3.64. The Hall–Kier alpha value is -3.41. The Kier molecular flexibility index (Phi) is 4.01. The third kappa shape index (κ3) is 2.75. The quantitative estimate of drug-likeness (QED) is 0.536. The van der Waals surface area contributed by atoms with E-state index < -0.39 is 4.92 Å². The number of fused-ring (bicyclic) bond motifs is 1. The van der Waals surface area contributed by atoms with Crippen molar-refractivity contribution in [3.8, 4) is 0 Å². The van der Waals surface area contributed by atoms with Crippen LogP contribution in [0.4, 0.5) is 5.69 Å². The molecule has 2 aromatic carbocycles. The molecular formula is C20H17N3O3. The number of non-ortho nitro benzene ring substituents is 1. The van der Waals surface area contributed by atoms with Gasteiger partial charge in [-0.25, -0.2) is 0 Å². The Bertz CT molecular complexity index is 965. The monoisotopic (exact) mass is 347 g/mol. The molecule has 0 aliphatic carbocycles. The minimum atomic E-state index is -0.479. The summed E-state index contributed by atoms with van der Waals surface area (Å²) in [7, 11) is 0. The van der Waals surface area contributed by atoms with Gasteiger partial charge in [0.2, 0.25) is 0 Å². The van der Waals surface area contributed by atoms with E-state index in [-0.39, 0.29) is 17.6 Å². The summed E-state index contributed by atoms with van der Waals surface area (Å²) in [6.45, 7) is 1.25. The van der Waals surface area contributed by atoms with Gasteiger partial charge in [-0.3, -0.25) is 14.9 Å². The van der Waals surface area contributed by atoms with Crippen molar-refractivity contribution in [2.75, 3.05) is 6.54 Å². The third-order valence-corrected chi connectivity index (χ3v) is 4.72. The SMILES string of the molecule is O=C(c1cccc([N+](=O)[O-])c1)N1CCn2cccc2C1c1ccccc1. The molecule has 6 heteroatoms. The van der Waals surface area contributed by atoms with Gasteiger partial charge in [0.05, 0.1) is 11.0 Å². The first kappa shape index (κ1) is 16.1. The molecule has 1 aromatic heterocycles. The Labute approximate surface area is 150 Å². The Morgan fingerprint density at radius 3 is 2.58 bits per heavy atom. The van der Waals surface area contributed by atoms with Crippen molar-refractivity contribution in [1.29, 1.82) is 0 Å². The fraction of sp³-hybridized carbons (Fsp3) is 0.150. The maximum Gasteiger partial charge on any atom is 0.270 e. The topological polar surface area (TPSA) is 68.4 Å². The lowest BCUT2D eigenvalue weighted by Gasteiger charge is -2.37. The molecule has 6 nitrogen and oxygen atoms in total. The molecule has 1 aliphatic rings. The van der Waals surface area contributed by atoms with Gasteiger partial charge in [-0.1, -0.05) is 36.4 Å². The number of rotatable bonds is 3. The van der Waals surface area contributed by atoms with E-state index in [9.17, 15) is 14.9 Å². The van der Waals surface area contributed by atoms with E-state index in [2.05, 4.69) is 4.57 Å². The van der Waals surface area contributed by atoms with Gasteiger partial charge in [-0.05, 0) is 23.8 Å². The molecule has 0 fully saturated rings. The molecule has 0 bridgehead atoms. The van der Waals surface area contributed by atoms with Crippen LogP contribution in [0.3, 0.4) is 0 Å². The van der Waals surface area contributed by atoms with Crippen LogP contribution in [0.2, 0.25) is 0 Å². The molecule has 1 amide bonds. The van der Waals surface area contributed by atoms with Gasteiger partial charge in [-0.15, -0.1) is 0 Å². The van der Waals surface area contributed by atoms with Gasteiger partial charge >= 0.3 is 0 Å². The van der Waals surface area contributed by atoms with Gasteiger partial charge < -0.3 is 9.47 Å². The molecular weight excluding hydrogens is 330 g/mol. The summed E-state index contributed by atoms with van der Waals surface area (Å²) in [5.74, 6) is -0.199. The van der Waals surface area contributed by atoms with E-state index in [0.717, 1.165) is 11.3 Å². The van der Waals surface area contributed by atoms with Crippen LogP contribution in [0, 0.1) is 10.1 Å². The van der Waals surface area contributed by atoms with E-state index in [0.29, 0.717) is 18.7 Å². The summed E-state index contributed by atoms with van der Waals surface area (Å²) in [6.07, 6.45) is 2.01. The Balaban J connectivity index is 1.76. The van der Waals surface area contributed by atoms with Crippen LogP contribution in [0.5, 0.6) is 0 Å². The number of hydrogen-bond acceptors (Lipinski definition) is 3. The molecule has 1 atom stereocenters.